The molecule has 78 valence electrons. The third-order valence-corrected chi connectivity index (χ3v) is 3.62. The topological polar surface area (TPSA) is 54.6 Å². The Morgan fingerprint density at radius 2 is 2.25 bits per heavy atom. The van der Waals surface area contributed by atoms with E-state index >= 15 is 0 Å². The molecule has 4 aromatic rings. The number of nitrogens with zero attached hydrogens (tertiary/aromatic N) is 3. The molecule has 6 heteroatoms. The van der Waals surface area contributed by atoms with Crippen LogP contribution in [0.5, 0.6) is 0 Å². The van der Waals surface area contributed by atoms with Gasteiger partial charge < -0.3 is 4.40 Å². The average Bonchev–Trinajstić information content (AvgIpc) is 2.91. The molecule has 0 aliphatic carbocycles. The van der Waals surface area contributed by atoms with Crippen molar-refractivity contribution >= 4 is 32.8 Å². The third-order valence-electron chi connectivity index (χ3n) is 2.74. The van der Waals surface area contributed by atoms with Crippen LogP contribution < -0.4 is 5.69 Å². The molecule has 0 aliphatic heterocycles. The number of aromatic nitrogens is 4. The zero-order valence-corrected chi connectivity index (χ0v) is 8.86. The number of thiophene rings is 1. The molecular formula is C10H6N4OS. The molecule has 0 saturated carbocycles. The second-order valence-corrected chi connectivity index (χ2v) is 4.46. The zero-order chi connectivity index (χ0) is 10.7. The molecule has 0 unspecified atom stereocenters. The monoisotopic (exact) mass is 230 g/mol. The van der Waals surface area contributed by atoms with E-state index in [2.05, 4.69) is 10.2 Å². The summed E-state index contributed by atoms with van der Waals surface area (Å²) in [6.45, 7) is 0. The van der Waals surface area contributed by atoms with Gasteiger partial charge in [0.1, 0.15) is 4.83 Å². The number of fused-ring (bicyclic) bond motifs is 6. The standard InChI is InChI=1S/C10H6N4OS/c15-10-12-11-8-6-2-1-4-13(6)7-3-5-16-9(7)14(8)10/h1-5H,(H,12,15). The lowest BCUT2D eigenvalue weighted by molar-refractivity contribution is 1.04. The second kappa shape index (κ2) is 2.53. The minimum absolute atomic E-state index is 0.189. The molecule has 0 bridgehead atoms. The maximum atomic E-state index is 11.7. The summed E-state index contributed by atoms with van der Waals surface area (Å²) < 4.78 is 3.66. The summed E-state index contributed by atoms with van der Waals surface area (Å²) in [5.74, 6) is 0. The molecule has 5 nitrogen and oxygen atoms in total. The van der Waals surface area contributed by atoms with E-state index < -0.39 is 0 Å². The number of aromatic amines is 1. The molecule has 0 saturated heterocycles. The summed E-state index contributed by atoms with van der Waals surface area (Å²) in [4.78, 5) is 12.6. The van der Waals surface area contributed by atoms with Gasteiger partial charge in [0.2, 0.25) is 0 Å². The van der Waals surface area contributed by atoms with Crippen LogP contribution in [0.2, 0.25) is 0 Å². The summed E-state index contributed by atoms with van der Waals surface area (Å²) in [5, 5.41) is 8.53. The second-order valence-electron chi connectivity index (χ2n) is 3.56. The first-order chi connectivity index (χ1) is 7.86. The van der Waals surface area contributed by atoms with E-state index in [0.29, 0.717) is 5.65 Å². The maximum absolute atomic E-state index is 11.7. The van der Waals surface area contributed by atoms with Gasteiger partial charge in [-0.25, -0.2) is 14.3 Å². The molecular weight excluding hydrogens is 224 g/mol. The van der Waals surface area contributed by atoms with Crippen LogP contribution in [-0.2, 0) is 0 Å². The molecule has 0 aromatic carbocycles. The Balaban J connectivity index is 2.59. The Bertz CT molecular complexity index is 848. The Morgan fingerprint density at radius 1 is 1.31 bits per heavy atom. The molecule has 0 atom stereocenters. The molecule has 0 aliphatic rings. The number of rotatable bonds is 0. The first kappa shape index (κ1) is 8.12. The summed E-state index contributed by atoms with van der Waals surface area (Å²) in [6.07, 6.45) is 1.98. The zero-order valence-electron chi connectivity index (χ0n) is 8.04. The van der Waals surface area contributed by atoms with Gasteiger partial charge in [0.25, 0.3) is 0 Å². The third kappa shape index (κ3) is 0.772. The number of hydrogen-bond donors (Lipinski definition) is 1. The van der Waals surface area contributed by atoms with E-state index in [0.717, 1.165) is 15.9 Å². The van der Waals surface area contributed by atoms with Crippen LogP contribution in [0.25, 0.3) is 21.5 Å². The lowest BCUT2D eigenvalue weighted by Gasteiger charge is -2.00. The molecule has 0 fully saturated rings. The van der Waals surface area contributed by atoms with Crippen molar-refractivity contribution in [2.45, 2.75) is 0 Å². The van der Waals surface area contributed by atoms with Gasteiger partial charge >= 0.3 is 5.69 Å². The van der Waals surface area contributed by atoms with E-state index in [1.807, 2.05) is 34.2 Å². The smallest absolute Gasteiger partial charge is 0.311 e. The number of H-pyrrole nitrogens is 1. The van der Waals surface area contributed by atoms with Crippen LogP contribution in [0.4, 0.5) is 0 Å². The van der Waals surface area contributed by atoms with Crippen LogP contribution in [-0.4, -0.2) is 19.0 Å². The highest BCUT2D eigenvalue weighted by Gasteiger charge is 2.12. The van der Waals surface area contributed by atoms with Crippen LogP contribution >= 0.6 is 11.3 Å². The molecule has 16 heavy (non-hydrogen) atoms. The van der Waals surface area contributed by atoms with Crippen molar-refractivity contribution in [1.82, 2.24) is 19.0 Å². The first-order valence-electron chi connectivity index (χ1n) is 4.79. The van der Waals surface area contributed by atoms with Crippen molar-refractivity contribution in [1.29, 1.82) is 0 Å². The lowest BCUT2D eigenvalue weighted by Crippen LogP contribution is -2.09. The molecule has 4 aromatic heterocycles. The van der Waals surface area contributed by atoms with Crippen LogP contribution in [0.1, 0.15) is 0 Å². The van der Waals surface area contributed by atoms with Crippen molar-refractivity contribution in [3.63, 3.8) is 0 Å². The highest BCUT2D eigenvalue weighted by molar-refractivity contribution is 7.16. The maximum Gasteiger partial charge on any atom is 0.348 e. The van der Waals surface area contributed by atoms with Gasteiger partial charge in [0.15, 0.2) is 5.65 Å². The predicted molar refractivity (Wildman–Crippen MR) is 62.2 cm³/mol. The molecule has 0 radical (unpaired) electrons. The van der Waals surface area contributed by atoms with Gasteiger partial charge in [0.05, 0.1) is 11.0 Å². The molecule has 1 N–H and O–H groups in total. The van der Waals surface area contributed by atoms with Gasteiger partial charge in [-0.15, -0.1) is 11.3 Å². The molecule has 0 amide bonds. The minimum atomic E-state index is -0.189. The molecule has 4 rings (SSSR count). The number of hydrogen-bond acceptors (Lipinski definition) is 3. The lowest BCUT2D eigenvalue weighted by atomic mass is 10.4. The van der Waals surface area contributed by atoms with Gasteiger partial charge in [-0.2, -0.15) is 5.10 Å². The largest absolute Gasteiger partial charge is 0.348 e. The molecule has 0 spiro atoms. The quantitative estimate of drug-likeness (QED) is 0.497. The first-order valence-corrected chi connectivity index (χ1v) is 5.67. The molecule has 4 heterocycles. The summed E-state index contributed by atoms with van der Waals surface area (Å²) in [5.41, 5.74) is 2.45. The normalized spacial score (nSPS) is 12.0. The average molecular weight is 230 g/mol. The fourth-order valence-corrected chi connectivity index (χ4v) is 2.96. The van der Waals surface area contributed by atoms with Crippen molar-refractivity contribution in [2.24, 2.45) is 0 Å². The van der Waals surface area contributed by atoms with E-state index in [9.17, 15) is 4.79 Å². The fourth-order valence-electron chi connectivity index (χ4n) is 2.08. The SMILES string of the molecule is O=c1[nH]nc2c3cccn3c3ccsc3n12. The van der Waals surface area contributed by atoms with Gasteiger partial charge in [-0.3, -0.25) is 0 Å². The highest BCUT2D eigenvalue weighted by atomic mass is 32.1. The summed E-state index contributed by atoms with van der Waals surface area (Å²) >= 11 is 1.54. The van der Waals surface area contributed by atoms with Crippen LogP contribution in [0.15, 0.2) is 34.6 Å². The van der Waals surface area contributed by atoms with Gasteiger partial charge in [0, 0.05) is 6.20 Å². The Kier molecular flexibility index (Phi) is 1.29. The van der Waals surface area contributed by atoms with Crippen molar-refractivity contribution < 1.29 is 0 Å². The fraction of sp³-hybridized carbons (Fsp3) is 0. The number of nitrogens with one attached hydrogen (secondary N) is 1. The predicted octanol–water partition coefficient (Wildman–Crippen LogP) is 1.49. The van der Waals surface area contributed by atoms with Crippen molar-refractivity contribution in [3.8, 4) is 0 Å². The van der Waals surface area contributed by atoms with Crippen molar-refractivity contribution in [3.05, 3.63) is 40.3 Å². The van der Waals surface area contributed by atoms with Gasteiger partial charge in [-0.1, -0.05) is 0 Å². The van der Waals surface area contributed by atoms with Crippen LogP contribution in [0, 0.1) is 0 Å². The van der Waals surface area contributed by atoms with E-state index in [4.69, 9.17) is 0 Å². The van der Waals surface area contributed by atoms with E-state index in [-0.39, 0.29) is 5.69 Å². The van der Waals surface area contributed by atoms with Crippen molar-refractivity contribution in [2.75, 3.05) is 0 Å². The minimum Gasteiger partial charge on any atom is -0.311 e. The summed E-state index contributed by atoms with van der Waals surface area (Å²) in [7, 11) is 0. The highest BCUT2D eigenvalue weighted by Crippen LogP contribution is 2.24. The Hall–Kier alpha value is -2.08. The van der Waals surface area contributed by atoms with E-state index in [1.54, 1.807) is 4.40 Å². The van der Waals surface area contributed by atoms with Gasteiger partial charge in [-0.05, 0) is 23.6 Å². The van der Waals surface area contributed by atoms with Crippen LogP contribution in [0.3, 0.4) is 0 Å². The Labute approximate surface area is 92.6 Å². The summed E-state index contributed by atoms with van der Waals surface area (Å²) in [6, 6.07) is 5.91. The van der Waals surface area contributed by atoms with E-state index in [1.165, 1.54) is 11.3 Å². The Morgan fingerprint density at radius 3 is 3.19 bits per heavy atom.